The van der Waals surface area contributed by atoms with Crippen molar-refractivity contribution < 1.29 is 14.0 Å². The zero-order chi connectivity index (χ0) is 23.2. The van der Waals surface area contributed by atoms with Gasteiger partial charge in [0.05, 0.1) is 39.5 Å². The van der Waals surface area contributed by atoms with Crippen molar-refractivity contribution in [1.29, 1.82) is 0 Å². The molecule has 1 aromatic rings. The maximum absolute atomic E-state index is 11.0. The lowest BCUT2D eigenvalue weighted by molar-refractivity contribution is -0.870. The molecule has 178 valence electrons. The molecule has 0 aliphatic carbocycles. The molecule has 1 aromatic carbocycles. The summed E-state index contributed by atoms with van der Waals surface area (Å²) in [5.41, 5.74) is 0.535. The Kier molecular flexibility index (Phi) is 19.2. The van der Waals surface area contributed by atoms with Crippen LogP contribution in [-0.4, -0.2) is 38.1 Å². The van der Waals surface area contributed by atoms with Gasteiger partial charge in [0.15, 0.2) is 0 Å². The van der Waals surface area contributed by atoms with Gasteiger partial charge in [0.25, 0.3) is 0 Å². The Morgan fingerprint density at radius 2 is 1.19 bits per heavy atom. The van der Waals surface area contributed by atoms with E-state index in [4.69, 9.17) is 0 Å². The second kappa shape index (κ2) is 20.3. The van der Waals surface area contributed by atoms with Crippen LogP contribution in [0, 0.1) is 0 Å². The van der Waals surface area contributed by atoms with Gasteiger partial charge in [-0.2, -0.15) is 0 Å². The highest BCUT2D eigenvalue weighted by molar-refractivity contribution is 5.89. The van der Waals surface area contributed by atoms with Gasteiger partial charge in [0, 0.05) is 0 Å². The lowest BCUT2D eigenvalue weighted by Gasteiger charge is -2.23. The second-order valence-corrected chi connectivity index (χ2v) is 9.55. The Labute approximate surface area is 193 Å². The number of ether oxygens (including phenoxy) is 1. The minimum Gasteiger partial charge on any atom is -0.432 e. The molecule has 3 heteroatoms. The molecule has 0 radical (unpaired) electrons. The topological polar surface area (TPSA) is 26.3 Å². The smallest absolute Gasteiger partial charge is 0.342 e. The van der Waals surface area contributed by atoms with Gasteiger partial charge in [-0.15, -0.1) is 0 Å². The van der Waals surface area contributed by atoms with Crippen molar-refractivity contribution in [3.8, 4) is 0 Å². The van der Waals surface area contributed by atoms with Gasteiger partial charge in [-0.05, 0) is 25.0 Å². The van der Waals surface area contributed by atoms with Gasteiger partial charge in [-0.3, -0.25) is 0 Å². The van der Waals surface area contributed by atoms with E-state index in [9.17, 15) is 4.79 Å². The summed E-state index contributed by atoms with van der Waals surface area (Å²) >= 11 is 0. The van der Waals surface area contributed by atoms with Gasteiger partial charge in [-0.25, -0.2) is 4.79 Å². The monoisotopic (exact) mass is 432 g/mol. The number of carbonyl (C=O) groups is 1. The molecule has 31 heavy (non-hydrogen) atoms. The lowest BCUT2D eigenvalue weighted by Crippen LogP contribution is -2.35. The van der Waals surface area contributed by atoms with E-state index in [1.54, 1.807) is 24.3 Å². The Balaban J connectivity index is 0.000000683. The molecule has 0 heterocycles. The van der Waals surface area contributed by atoms with E-state index in [-0.39, 0.29) is 5.97 Å². The summed E-state index contributed by atoms with van der Waals surface area (Å²) in [6, 6.07) is 8.77. The van der Waals surface area contributed by atoms with E-state index in [0.29, 0.717) is 5.56 Å². The predicted molar refractivity (Wildman–Crippen MR) is 135 cm³/mol. The molecule has 0 spiro atoms. The number of rotatable bonds is 17. The molecule has 1 rings (SSSR count). The Morgan fingerprint density at radius 3 is 1.58 bits per heavy atom. The van der Waals surface area contributed by atoms with E-state index in [2.05, 4.69) is 39.4 Å². The van der Waals surface area contributed by atoms with Crippen LogP contribution in [0.4, 0.5) is 0 Å². The highest BCUT2D eigenvalue weighted by atomic mass is 16.5. The van der Waals surface area contributed by atoms with Gasteiger partial charge >= 0.3 is 5.97 Å². The molecule has 0 aromatic heterocycles. The molecular formula is C28H50NO2+. The fourth-order valence-corrected chi connectivity index (χ4v) is 3.50. The fourth-order valence-electron chi connectivity index (χ4n) is 3.50. The number of hydrogen-bond donors (Lipinski definition) is 0. The molecule has 0 amide bonds. The standard InChI is InChI=1S/C19H42N.C9H8O2/c1-5-6-7-8-9-10-11-12-13-14-15-16-17-18-19-20(2,3)4;1-2-11-9(10)8-6-4-3-5-7-8/h5-19H2,1-4H3;2-7H,1H2/q+1;. The quantitative estimate of drug-likeness (QED) is 0.107. The van der Waals surface area contributed by atoms with Crippen molar-refractivity contribution in [2.24, 2.45) is 0 Å². The van der Waals surface area contributed by atoms with Gasteiger partial charge in [0.1, 0.15) is 0 Å². The Hall–Kier alpha value is -1.61. The van der Waals surface area contributed by atoms with E-state index in [1.807, 2.05) is 6.07 Å². The normalized spacial score (nSPS) is 10.8. The van der Waals surface area contributed by atoms with E-state index in [0.717, 1.165) is 10.7 Å². The second-order valence-electron chi connectivity index (χ2n) is 9.55. The first-order valence-electron chi connectivity index (χ1n) is 12.6. The van der Waals surface area contributed by atoms with Crippen LogP contribution < -0.4 is 0 Å². The number of quaternary nitrogens is 1. The van der Waals surface area contributed by atoms with Gasteiger partial charge < -0.3 is 9.22 Å². The Bertz CT molecular complexity index is 534. The Morgan fingerprint density at radius 1 is 0.774 bits per heavy atom. The van der Waals surface area contributed by atoms with Crippen LogP contribution in [0.2, 0.25) is 0 Å². The molecule has 0 saturated carbocycles. The molecule has 0 aliphatic rings. The summed E-state index contributed by atoms with van der Waals surface area (Å²) in [7, 11) is 6.88. The number of esters is 1. The molecule has 0 bridgehead atoms. The lowest BCUT2D eigenvalue weighted by atomic mass is 10.0. The number of carbonyl (C=O) groups excluding carboxylic acids is 1. The predicted octanol–water partition coefficient (Wildman–Crippen LogP) is 8.16. The molecule has 0 unspecified atom stereocenters. The van der Waals surface area contributed by atoms with Gasteiger partial charge in [-0.1, -0.05) is 109 Å². The van der Waals surface area contributed by atoms with Crippen molar-refractivity contribution in [2.75, 3.05) is 27.7 Å². The summed E-state index contributed by atoms with van der Waals surface area (Å²) in [4.78, 5) is 11.0. The van der Waals surface area contributed by atoms with Crippen molar-refractivity contribution in [3.63, 3.8) is 0 Å². The van der Waals surface area contributed by atoms with E-state index >= 15 is 0 Å². The van der Waals surface area contributed by atoms with Crippen LogP contribution >= 0.6 is 0 Å². The third-order valence-corrected chi connectivity index (χ3v) is 5.38. The minimum absolute atomic E-state index is 0.374. The average Bonchev–Trinajstić information content (AvgIpc) is 2.74. The number of nitrogens with zero attached hydrogens (tertiary/aromatic N) is 1. The number of unbranched alkanes of at least 4 members (excludes halogenated alkanes) is 13. The van der Waals surface area contributed by atoms with Crippen LogP contribution in [0.25, 0.3) is 0 Å². The fraction of sp³-hybridized carbons (Fsp3) is 0.679. The molecule has 0 aliphatic heterocycles. The first-order valence-corrected chi connectivity index (χ1v) is 12.6. The molecular weight excluding hydrogens is 382 g/mol. The van der Waals surface area contributed by atoms with Crippen LogP contribution in [-0.2, 0) is 4.74 Å². The highest BCUT2D eigenvalue weighted by Gasteiger charge is 2.05. The number of benzene rings is 1. The zero-order valence-electron chi connectivity index (χ0n) is 21.0. The zero-order valence-corrected chi connectivity index (χ0v) is 21.0. The van der Waals surface area contributed by atoms with Crippen molar-refractivity contribution >= 4 is 5.97 Å². The summed E-state index contributed by atoms with van der Waals surface area (Å²) in [5, 5.41) is 0. The van der Waals surface area contributed by atoms with E-state index in [1.165, 1.54) is 96.4 Å². The van der Waals surface area contributed by atoms with Crippen LogP contribution in [0.3, 0.4) is 0 Å². The van der Waals surface area contributed by atoms with Crippen molar-refractivity contribution in [3.05, 3.63) is 48.7 Å². The molecule has 3 nitrogen and oxygen atoms in total. The van der Waals surface area contributed by atoms with Crippen LogP contribution in [0.15, 0.2) is 43.2 Å². The van der Waals surface area contributed by atoms with Crippen molar-refractivity contribution in [1.82, 2.24) is 0 Å². The first-order chi connectivity index (χ1) is 14.9. The largest absolute Gasteiger partial charge is 0.432 e. The molecule has 0 saturated heterocycles. The first kappa shape index (κ1) is 29.4. The molecule has 0 fully saturated rings. The maximum atomic E-state index is 11.0. The summed E-state index contributed by atoms with van der Waals surface area (Å²) < 4.78 is 5.68. The molecule has 0 N–H and O–H groups in total. The third-order valence-electron chi connectivity index (χ3n) is 5.38. The molecule has 0 atom stereocenters. The average molecular weight is 433 g/mol. The van der Waals surface area contributed by atoms with Crippen LogP contribution in [0.1, 0.15) is 107 Å². The highest BCUT2D eigenvalue weighted by Crippen LogP contribution is 2.13. The SMILES string of the molecule is C=COC(=O)c1ccccc1.CCCCCCCCCCCCCCCC[N+](C)(C)C. The minimum atomic E-state index is -0.374. The summed E-state index contributed by atoms with van der Waals surface area (Å²) in [6.45, 7) is 6.91. The van der Waals surface area contributed by atoms with Crippen molar-refractivity contribution in [2.45, 2.75) is 96.8 Å². The third kappa shape index (κ3) is 21.4. The summed E-state index contributed by atoms with van der Waals surface area (Å²) in [5.74, 6) is -0.374. The maximum Gasteiger partial charge on any atom is 0.342 e. The van der Waals surface area contributed by atoms with Crippen LogP contribution in [0.5, 0.6) is 0 Å². The van der Waals surface area contributed by atoms with Gasteiger partial charge in [0.2, 0.25) is 0 Å². The number of hydrogen-bond acceptors (Lipinski definition) is 2. The summed E-state index contributed by atoms with van der Waals surface area (Å²) in [6.07, 6.45) is 21.5. The van der Waals surface area contributed by atoms with E-state index < -0.39 is 0 Å².